The van der Waals surface area contributed by atoms with Crippen molar-refractivity contribution in [2.24, 2.45) is 17.6 Å². The van der Waals surface area contributed by atoms with E-state index in [0.717, 1.165) is 22.2 Å². The minimum absolute atomic E-state index is 0.0911. The third kappa shape index (κ3) is 6.95. The third-order valence-corrected chi connectivity index (χ3v) is 12.1. The predicted molar refractivity (Wildman–Crippen MR) is 212 cm³/mol. The maximum Gasteiger partial charge on any atom is 0.246 e. The fourth-order valence-corrected chi connectivity index (χ4v) is 8.49. The first kappa shape index (κ1) is 37.1. The van der Waals surface area contributed by atoms with E-state index in [0.29, 0.717) is 47.1 Å². The van der Waals surface area contributed by atoms with Gasteiger partial charge in [0.15, 0.2) is 5.13 Å². The number of hydrogen-bond donors (Lipinski definition) is 3. The highest BCUT2D eigenvalue weighted by Crippen LogP contribution is 2.45. The van der Waals surface area contributed by atoms with E-state index in [-0.39, 0.29) is 36.1 Å². The number of nitrogens with one attached hydrogen (secondary N) is 2. The van der Waals surface area contributed by atoms with Gasteiger partial charge in [0.1, 0.15) is 35.2 Å². The molecule has 7 rings (SSSR count). The van der Waals surface area contributed by atoms with Crippen LogP contribution in [0.1, 0.15) is 64.6 Å². The van der Waals surface area contributed by atoms with E-state index in [1.165, 1.54) is 11.3 Å². The lowest BCUT2D eigenvalue weighted by atomic mass is 9.86. The molecular formula is C42H48N6O5S. The van der Waals surface area contributed by atoms with Crippen LogP contribution in [-0.2, 0) is 19.8 Å². The molecule has 12 heteroatoms. The van der Waals surface area contributed by atoms with Gasteiger partial charge in [-0.2, -0.15) is 0 Å². The van der Waals surface area contributed by atoms with Crippen molar-refractivity contribution in [3.8, 4) is 22.8 Å². The summed E-state index contributed by atoms with van der Waals surface area (Å²) in [6.07, 6.45) is 7.23. The van der Waals surface area contributed by atoms with Crippen molar-refractivity contribution in [2.75, 3.05) is 19.0 Å². The minimum Gasteiger partial charge on any atom is -0.496 e. The number of thiazole rings is 1. The van der Waals surface area contributed by atoms with Gasteiger partial charge < -0.3 is 30.7 Å². The second-order valence-corrected chi connectivity index (χ2v) is 16.2. The molecule has 3 aliphatic rings. The quantitative estimate of drug-likeness (QED) is 0.174. The summed E-state index contributed by atoms with van der Waals surface area (Å²) in [5, 5.41) is 9.82. The van der Waals surface area contributed by atoms with Crippen LogP contribution < -0.4 is 25.8 Å². The molecule has 1 aliphatic carbocycles. The molecule has 0 unspecified atom stereocenters. The summed E-state index contributed by atoms with van der Waals surface area (Å²) in [4.78, 5) is 53.3. The second-order valence-electron chi connectivity index (χ2n) is 15.4. The van der Waals surface area contributed by atoms with Crippen LogP contribution in [0.25, 0.3) is 28.2 Å². The number of pyridine rings is 1. The smallest absolute Gasteiger partial charge is 0.246 e. The molecule has 54 heavy (non-hydrogen) atoms. The summed E-state index contributed by atoms with van der Waals surface area (Å²) in [7, 11) is 1.65. The highest BCUT2D eigenvalue weighted by Gasteiger charge is 2.60. The Morgan fingerprint density at radius 1 is 1.22 bits per heavy atom. The second kappa shape index (κ2) is 14.5. The molecule has 2 aliphatic heterocycles. The van der Waals surface area contributed by atoms with Crippen LogP contribution in [0.3, 0.4) is 0 Å². The topological polar surface area (TPSA) is 149 Å². The monoisotopic (exact) mass is 748 g/mol. The fourth-order valence-electron chi connectivity index (χ4n) is 7.55. The Balaban J connectivity index is 1.36. The van der Waals surface area contributed by atoms with Crippen molar-refractivity contribution in [2.45, 2.75) is 82.5 Å². The van der Waals surface area contributed by atoms with Gasteiger partial charge in [0.25, 0.3) is 0 Å². The summed E-state index contributed by atoms with van der Waals surface area (Å²) >= 11 is 1.46. The number of nitrogens with two attached hydrogens (primary N) is 1. The molecule has 3 amide bonds. The number of fused-ring (bicyclic) bond motifs is 5. The highest BCUT2D eigenvalue weighted by atomic mass is 32.1. The van der Waals surface area contributed by atoms with Gasteiger partial charge in [0.2, 0.25) is 17.7 Å². The molecule has 4 heterocycles. The van der Waals surface area contributed by atoms with Gasteiger partial charge in [-0.05, 0) is 24.8 Å². The maximum absolute atomic E-state index is 14.8. The van der Waals surface area contributed by atoms with Gasteiger partial charge in [0, 0.05) is 51.8 Å². The van der Waals surface area contributed by atoms with Crippen LogP contribution in [0.5, 0.6) is 11.5 Å². The summed E-state index contributed by atoms with van der Waals surface area (Å²) in [6, 6.07) is 14.1. The number of nitrogens with zero attached hydrogens (tertiary/aromatic N) is 3. The van der Waals surface area contributed by atoms with Crippen molar-refractivity contribution in [1.29, 1.82) is 0 Å². The SMILES string of the molecule is C=C[C@@H]1C[C@]1(NC(=O)[C@@H]1C[C@@H]2CN1C(=O)[C@H]([C@@H](C)CC)Nc1nc(cs1)C(C)(C)C/C=C/c1cc3c(cc(-c4ccccc4)nc3cc1OC)O2)C(N)=O. The van der Waals surface area contributed by atoms with Gasteiger partial charge >= 0.3 is 0 Å². The molecule has 2 aromatic carbocycles. The van der Waals surface area contributed by atoms with Crippen molar-refractivity contribution in [3.63, 3.8) is 0 Å². The number of methoxy groups -OCH3 is 1. The van der Waals surface area contributed by atoms with Crippen molar-refractivity contribution < 1.29 is 23.9 Å². The van der Waals surface area contributed by atoms with Crippen molar-refractivity contribution in [1.82, 2.24) is 20.2 Å². The van der Waals surface area contributed by atoms with E-state index >= 15 is 0 Å². The highest BCUT2D eigenvalue weighted by molar-refractivity contribution is 7.13. The molecule has 11 nitrogen and oxygen atoms in total. The molecule has 4 N–H and O–H groups in total. The standard InChI is InChI=1S/C42H48N6O5S/c1-7-24(3)36-38(50)48-22-28(18-32(48)37(49)47-42(39(43)51)21-27(42)8-2)53-34-19-30(25-13-10-9-11-14-25)44-31-20-33(52-6)26(17-29(31)34)15-12-16-41(4,5)35-23-54-40(45-35)46-36/h8-15,17,19-20,23-24,27-28,32,36H,2,7,16,18,21-22H2,1,3-6H3,(H2,43,51)(H,45,46)(H,47,49)/b15-12+/t24-,27+,28+,32-,36-,42+/m0/s1. The first-order valence-corrected chi connectivity index (χ1v) is 19.4. The van der Waals surface area contributed by atoms with Crippen molar-refractivity contribution in [3.05, 3.63) is 83.9 Å². The summed E-state index contributed by atoms with van der Waals surface area (Å²) < 4.78 is 12.7. The van der Waals surface area contributed by atoms with E-state index in [9.17, 15) is 14.4 Å². The summed E-state index contributed by atoms with van der Waals surface area (Å²) in [6.45, 7) is 12.3. The Labute approximate surface area is 320 Å². The lowest BCUT2D eigenvalue weighted by Gasteiger charge is -2.31. The number of anilines is 1. The lowest BCUT2D eigenvalue weighted by Crippen LogP contribution is -2.56. The number of allylic oxidation sites excluding steroid dienone is 1. The maximum atomic E-state index is 14.8. The Morgan fingerprint density at radius 2 is 2.00 bits per heavy atom. The molecular weight excluding hydrogens is 701 g/mol. The average molecular weight is 749 g/mol. The van der Waals surface area contributed by atoms with Crippen LogP contribution in [-0.4, -0.2) is 70.0 Å². The van der Waals surface area contributed by atoms with Gasteiger partial charge in [-0.15, -0.1) is 17.9 Å². The van der Waals surface area contributed by atoms with Crippen LogP contribution >= 0.6 is 11.3 Å². The average Bonchev–Trinajstić information content (AvgIpc) is 3.44. The number of hydrogen-bond acceptors (Lipinski definition) is 9. The van der Waals surface area contributed by atoms with Crippen LogP contribution in [0.4, 0.5) is 5.13 Å². The number of amides is 3. The number of rotatable bonds is 8. The minimum atomic E-state index is -1.23. The van der Waals surface area contributed by atoms with E-state index < -0.39 is 35.5 Å². The first-order valence-electron chi connectivity index (χ1n) is 18.6. The third-order valence-electron chi connectivity index (χ3n) is 11.3. The number of aromatic nitrogens is 2. The van der Waals surface area contributed by atoms with Gasteiger partial charge in [-0.1, -0.05) is 82.7 Å². The number of ether oxygens (including phenoxy) is 2. The van der Waals surface area contributed by atoms with Gasteiger partial charge in [-0.3, -0.25) is 14.4 Å². The molecule has 1 saturated carbocycles. The molecule has 1 saturated heterocycles. The van der Waals surface area contributed by atoms with Crippen LogP contribution in [0.2, 0.25) is 0 Å². The van der Waals surface area contributed by atoms with E-state index in [1.807, 2.05) is 67.8 Å². The van der Waals surface area contributed by atoms with E-state index in [2.05, 4.69) is 43.2 Å². The number of carbonyl (C=O) groups is 3. The number of benzene rings is 2. The predicted octanol–water partition coefficient (Wildman–Crippen LogP) is 6.48. The lowest BCUT2D eigenvalue weighted by molar-refractivity contribution is -0.140. The Bertz CT molecular complexity index is 2130. The number of primary amides is 1. The fraction of sp³-hybridized carbons (Fsp3) is 0.405. The molecule has 0 radical (unpaired) electrons. The molecule has 282 valence electrons. The van der Waals surface area contributed by atoms with Gasteiger partial charge in [0.05, 0.1) is 30.6 Å². The van der Waals surface area contributed by atoms with E-state index in [1.54, 1.807) is 18.1 Å². The molecule has 6 bridgehead atoms. The first-order chi connectivity index (χ1) is 25.9. The van der Waals surface area contributed by atoms with Crippen molar-refractivity contribution >= 4 is 51.2 Å². The molecule has 2 fully saturated rings. The summed E-state index contributed by atoms with van der Waals surface area (Å²) in [5.74, 6) is -0.447. The largest absolute Gasteiger partial charge is 0.496 e. The Kier molecular flexibility index (Phi) is 9.99. The normalized spacial score (nSPS) is 25.8. The molecule has 6 atom stereocenters. The molecule has 4 aromatic rings. The molecule has 2 aromatic heterocycles. The van der Waals surface area contributed by atoms with E-state index in [4.69, 9.17) is 25.2 Å². The Morgan fingerprint density at radius 3 is 2.69 bits per heavy atom. The number of carbonyl (C=O) groups excluding carboxylic acids is 3. The zero-order valence-electron chi connectivity index (χ0n) is 31.4. The van der Waals surface area contributed by atoms with Gasteiger partial charge in [-0.25, -0.2) is 9.97 Å². The summed E-state index contributed by atoms with van der Waals surface area (Å²) in [5.41, 5.74) is 8.34. The Hall–Kier alpha value is -5.23. The zero-order chi connectivity index (χ0) is 38.4. The van der Waals surface area contributed by atoms with Crippen LogP contribution in [0, 0.1) is 11.8 Å². The van der Waals surface area contributed by atoms with Crippen LogP contribution in [0.15, 0.2) is 72.6 Å². The molecule has 0 spiro atoms. The zero-order valence-corrected chi connectivity index (χ0v) is 32.2.